The molecule has 7 heteroatoms. The van der Waals surface area contributed by atoms with Crippen molar-refractivity contribution in [2.75, 3.05) is 6.54 Å². The SMILES string of the molecule is CCC(C)(C)C(=O)C(=O)N1CCCC1C1NC(=O)NC1=O. The quantitative estimate of drug-likeness (QED) is 0.571. The second-order valence-electron chi connectivity index (χ2n) is 6.22. The fraction of sp³-hybridized carbons (Fsp3) is 0.714. The zero-order valence-corrected chi connectivity index (χ0v) is 12.6. The Morgan fingerprint density at radius 1 is 1.33 bits per heavy atom. The Labute approximate surface area is 123 Å². The predicted octanol–water partition coefficient (Wildman–Crippen LogP) is 0.191. The van der Waals surface area contributed by atoms with Gasteiger partial charge in [0.2, 0.25) is 5.78 Å². The van der Waals surface area contributed by atoms with Crippen LogP contribution in [0.1, 0.15) is 40.0 Å². The molecule has 2 N–H and O–H groups in total. The third-order valence-corrected chi connectivity index (χ3v) is 4.44. The van der Waals surface area contributed by atoms with E-state index >= 15 is 0 Å². The molecule has 7 nitrogen and oxygen atoms in total. The average Bonchev–Trinajstić information content (AvgIpc) is 3.03. The minimum atomic E-state index is -0.763. The van der Waals surface area contributed by atoms with E-state index in [-0.39, 0.29) is 0 Å². The van der Waals surface area contributed by atoms with Gasteiger partial charge in [-0.25, -0.2) is 4.79 Å². The Morgan fingerprint density at radius 2 is 2.00 bits per heavy atom. The maximum absolute atomic E-state index is 12.4. The summed E-state index contributed by atoms with van der Waals surface area (Å²) in [5.41, 5.74) is -0.717. The number of Topliss-reactive ketones (excluding diaryl/α,β-unsaturated/α-hetero) is 1. The van der Waals surface area contributed by atoms with E-state index in [1.54, 1.807) is 13.8 Å². The number of amides is 4. The molecule has 2 atom stereocenters. The number of carbonyl (C=O) groups is 4. The van der Waals surface area contributed by atoms with Crippen molar-refractivity contribution < 1.29 is 19.2 Å². The van der Waals surface area contributed by atoms with Gasteiger partial charge < -0.3 is 10.2 Å². The van der Waals surface area contributed by atoms with E-state index in [0.717, 1.165) is 6.42 Å². The third kappa shape index (κ3) is 2.77. The molecule has 21 heavy (non-hydrogen) atoms. The molecule has 2 rings (SSSR count). The van der Waals surface area contributed by atoms with Gasteiger partial charge >= 0.3 is 6.03 Å². The minimum Gasteiger partial charge on any atom is -0.331 e. The molecule has 2 aliphatic heterocycles. The molecular formula is C14H21N3O4. The van der Waals surface area contributed by atoms with E-state index < -0.39 is 41.1 Å². The highest BCUT2D eigenvalue weighted by Gasteiger charge is 2.45. The van der Waals surface area contributed by atoms with Crippen molar-refractivity contribution in [3.8, 4) is 0 Å². The van der Waals surface area contributed by atoms with Crippen molar-refractivity contribution in [3.05, 3.63) is 0 Å². The summed E-state index contributed by atoms with van der Waals surface area (Å²) in [6, 6.07) is -1.76. The first-order valence-corrected chi connectivity index (χ1v) is 7.24. The van der Waals surface area contributed by atoms with Gasteiger partial charge in [0.1, 0.15) is 6.04 Å². The summed E-state index contributed by atoms with van der Waals surface area (Å²) >= 11 is 0. The summed E-state index contributed by atoms with van der Waals surface area (Å²) in [6.07, 6.45) is 1.89. The number of ketones is 1. The lowest BCUT2D eigenvalue weighted by molar-refractivity contribution is -0.150. The molecule has 0 aromatic heterocycles. The maximum atomic E-state index is 12.4. The Bertz CT molecular complexity index is 500. The van der Waals surface area contributed by atoms with Crippen molar-refractivity contribution >= 4 is 23.6 Å². The van der Waals surface area contributed by atoms with E-state index in [9.17, 15) is 19.2 Å². The molecule has 116 valence electrons. The van der Waals surface area contributed by atoms with Gasteiger partial charge in [-0.05, 0) is 19.3 Å². The molecule has 2 heterocycles. The summed E-state index contributed by atoms with van der Waals surface area (Å²) in [5.74, 6) is -1.44. The molecule has 0 aromatic carbocycles. The number of rotatable bonds is 4. The molecule has 0 aromatic rings. The van der Waals surface area contributed by atoms with Gasteiger partial charge in [-0.15, -0.1) is 0 Å². The van der Waals surface area contributed by atoms with E-state index in [1.165, 1.54) is 4.90 Å². The van der Waals surface area contributed by atoms with Gasteiger partial charge in [0.25, 0.3) is 11.8 Å². The van der Waals surface area contributed by atoms with Gasteiger partial charge in [0, 0.05) is 12.0 Å². The summed E-state index contributed by atoms with van der Waals surface area (Å²) in [4.78, 5) is 49.2. The zero-order chi connectivity index (χ0) is 15.8. The van der Waals surface area contributed by atoms with Crippen LogP contribution in [0.2, 0.25) is 0 Å². The van der Waals surface area contributed by atoms with Crippen LogP contribution in [0.15, 0.2) is 0 Å². The fourth-order valence-electron chi connectivity index (χ4n) is 2.68. The van der Waals surface area contributed by atoms with Crippen LogP contribution in [0.3, 0.4) is 0 Å². The van der Waals surface area contributed by atoms with Gasteiger partial charge in [-0.2, -0.15) is 0 Å². The van der Waals surface area contributed by atoms with Crippen LogP contribution < -0.4 is 10.6 Å². The average molecular weight is 295 g/mol. The maximum Gasteiger partial charge on any atom is 0.322 e. The zero-order valence-electron chi connectivity index (χ0n) is 12.6. The predicted molar refractivity (Wildman–Crippen MR) is 74.3 cm³/mol. The Balaban J connectivity index is 2.15. The Morgan fingerprint density at radius 3 is 2.52 bits per heavy atom. The molecule has 4 amide bonds. The molecule has 0 bridgehead atoms. The topological polar surface area (TPSA) is 95.6 Å². The molecule has 0 spiro atoms. The van der Waals surface area contributed by atoms with Crippen LogP contribution in [-0.2, 0) is 14.4 Å². The monoisotopic (exact) mass is 295 g/mol. The van der Waals surface area contributed by atoms with Crippen LogP contribution >= 0.6 is 0 Å². The van der Waals surface area contributed by atoms with Gasteiger partial charge in [-0.3, -0.25) is 19.7 Å². The second-order valence-corrected chi connectivity index (χ2v) is 6.22. The molecule has 0 saturated carbocycles. The van der Waals surface area contributed by atoms with E-state index in [0.29, 0.717) is 19.4 Å². The summed E-state index contributed by atoms with van der Waals surface area (Å²) in [6.45, 7) is 5.77. The third-order valence-electron chi connectivity index (χ3n) is 4.44. The molecule has 0 aliphatic carbocycles. The highest BCUT2D eigenvalue weighted by molar-refractivity contribution is 6.38. The standard InChI is InChI=1S/C14H21N3O4/c1-4-14(2,3)10(18)12(20)17-7-5-6-8(17)9-11(19)16-13(21)15-9/h8-9H,4-7H2,1-3H3,(H2,15,16,19,21). The van der Waals surface area contributed by atoms with Gasteiger partial charge in [0.15, 0.2) is 0 Å². The number of nitrogens with one attached hydrogen (secondary N) is 2. The van der Waals surface area contributed by atoms with Crippen LogP contribution in [-0.4, -0.2) is 47.2 Å². The number of hydrogen-bond acceptors (Lipinski definition) is 4. The van der Waals surface area contributed by atoms with Crippen LogP contribution in [0, 0.1) is 5.41 Å². The number of carbonyl (C=O) groups excluding carboxylic acids is 4. The molecule has 2 unspecified atom stereocenters. The second kappa shape index (κ2) is 5.46. The largest absolute Gasteiger partial charge is 0.331 e. The first kappa shape index (κ1) is 15.5. The van der Waals surface area contributed by atoms with Crippen molar-refractivity contribution in [2.24, 2.45) is 5.41 Å². The van der Waals surface area contributed by atoms with Crippen molar-refractivity contribution in [3.63, 3.8) is 0 Å². The molecule has 2 fully saturated rings. The van der Waals surface area contributed by atoms with Crippen molar-refractivity contribution in [1.29, 1.82) is 0 Å². The molecule has 0 radical (unpaired) electrons. The van der Waals surface area contributed by atoms with E-state index in [2.05, 4.69) is 10.6 Å². The molecular weight excluding hydrogens is 274 g/mol. The number of likely N-dealkylation sites (tertiary alicyclic amines) is 1. The Kier molecular flexibility index (Phi) is 4.02. The summed E-state index contributed by atoms with van der Waals surface area (Å²) in [5, 5.41) is 4.68. The Hall–Kier alpha value is -1.92. The summed E-state index contributed by atoms with van der Waals surface area (Å²) in [7, 11) is 0. The highest BCUT2D eigenvalue weighted by atomic mass is 16.2. The highest BCUT2D eigenvalue weighted by Crippen LogP contribution is 2.27. The van der Waals surface area contributed by atoms with Crippen LogP contribution in [0.4, 0.5) is 4.79 Å². The van der Waals surface area contributed by atoms with Crippen molar-refractivity contribution in [1.82, 2.24) is 15.5 Å². The molecule has 2 aliphatic rings. The van der Waals surface area contributed by atoms with E-state index in [4.69, 9.17) is 0 Å². The normalized spacial score (nSPS) is 25.8. The van der Waals surface area contributed by atoms with Crippen LogP contribution in [0.25, 0.3) is 0 Å². The first-order valence-electron chi connectivity index (χ1n) is 7.24. The first-order chi connectivity index (χ1) is 9.77. The minimum absolute atomic E-state index is 0.438. The lowest BCUT2D eigenvalue weighted by Crippen LogP contribution is -2.53. The lowest BCUT2D eigenvalue weighted by atomic mass is 9.84. The van der Waals surface area contributed by atoms with Crippen molar-refractivity contribution in [2.45, 2.75) is 52.1 Å². The van der Waals surface area contributed by atoms with Gasteiger partial charge in [0.05, 0.1) is 6.04 Å². The number of urea groups is 1. The lowest BCUT2D eigenvalue weighted by Gasteiger charge is -2.30. The number of nitrogens with zero attached hydrogens (tertiary/aromatic N) is 1. The number of hydrogen-bond donors (Lipinski definition) is 2. The molecule has 2 saturated heterocycles. The smallest absolute Gasteiger partial charge is 0.322 e. The van der Waals surface area contributed by atoms with E-state index in [1.807, 2.05) is 6.92 Å². The fourth-order valence-corrected chi connectivity index (χ4v) is 2.68. The van der Waals surface area contributed by atoms with Crippen LogP contribution in [0.5, 0.6) is 0 Å². The summed E-state index contributed by atoms with van der Waals surface area (Å²) < 4.78 is 0. The van der Waals surface area contributed by atoms with Gasteiger partial charge in [-0.1, -0.05) is 20.8 Å². The number of imide groups is 1.